The summed E-state index contributed by atoms with van der Waals surface area (Å²) in [5.41, 5.74) is 2.60. The van der Waals surface area contributed by atoms with E-state index in [0.717, 1.165) is 5.56 Å². The van der Waals surface area contributed by atoms with Crippen molar-refractivity contribution in [2.45, 2.75) is 6.92 Å². The number of cyclic esters (lactones) is 1. The zero-order chi connectivity index (χ0) is 23.5. The average Bonchev–Trinajstić information content (AvgIpc) is 3.14. The molecule has 4 rings (SSSR count). The largest absolute Gasteiger partial charge is 0.493 e. The number of halogens is 2. The molecule has 6 nitrogen and oxygen atoms in total. The maximum Gasteiger partial charge on any atom is 0.363 e. The number of carbonyl (C=O) groups is 2. The molecule has 0 amide bonds. The number of methoxy groups -OCH3 is 1. The fourth-order valence-corrected chi connectivity index (χ4v) is 3.54. The fourth-order valence-electron chi connectivity index (χ4n) is 3.05. The number of nitrogens with zero attached hydrogens (tertiary/aromatic N) is 1. The number of aryl methyl sites for hydroxylation is 1. The highest BCUT2D eigenvalue weighted by Crippen LogP contribution is 2.31. The summed E-state index contributed by atoms with van der Waals surface area (Å²) in [4.78, 5) is 29.0. The predicted molar refractivity (Wildman–Crippen MR) is 126 cm³/mol. The second-order valence-electron chi connectivity index (χ2n) is 7.13. The molecule has 0 aromatic heterocycles. The molecule has 0 fully saturated rings. The van der Waals surface area contributed by atoms with Crippen LogP contribution < -0.4 is 9.47 Å². The van der Waals surface area contributed by atoms with Crippen molar-refractivity contribution < 1.29 is 23.8 Å². The molecule has 0 saturated carbocycles. The van der Waals surface area contributed by atoms with E-state index in [0.29, 0.717) is 32.5 Å². The van der Waals surface area contributed by atoms with Gasteiger partial charge in [0.2, 0.25) is 5.90 Å². The summed E-state index contributed by atoms with van der Waals surface area (Å²) in [5, 5.41) is 0.774. The number of rotatable bonds is 5. The van der Waals surface area contributed by atoms with Crippen LogP contribution in [0, 0.1) is 6.92 Å². The first-order chi connectivity index (χ1) is 15.8. The van der Waals surface area contributed by atoms with Crippen molar-refractivity contribution in [2.75, 3.05) is 7.11 Å². The molecule has 0 bridgehead atoms. The molecule has 3 aromatic rings. The van der Waals surface area contributed by atoms with Crippen molar-refractivity contribution in [1.29, 1.82) is 0 Å². The standard InChI is InChI=1S/C25H17Cl2NO5/c1-14-3-6-16(7-4-14)24(29)32-21-10-5-15(12-22(21)31-2)11-20-25(30)33-23(28-20)18-9-8-17(26)13-19(18)27/h3-13H,1-2H3/b20-11-. The number of aliphatic imine (C=N–C) groups is 1. The first-order valence-electron chi connectivity index (χ1n) is 9.79. The third-order valence-corrected chi connectivity index (χ3v) is 5.31. The van der Waals surface area contributed by atoms with Gasteiger partial charge in [0.15, 0.2) is 17.2 Å². The van der Waals surface area contributed by atoms with Crippen LogP contribution in [0.2, 0.25) is 10.0 Å². The summed E-state index contributed by atoms with van der Waals surface area (Å²) >= 11 is 12.1. The molecule has 0 aliphatic carbocycles. The Kier molecular flexibility index (Phi) is 6.49. The molecule has 0 radical (unpaired) electrons. The van der Waals surface area contributed by atoms with E-state index >= 15 is 0 Å². The monoisotopic (exact) mass is 481 g/mol. The van der Waals surface area contributed by atoms with Gasteiger partial charge in [0.05, 0.1) is 23.3 Å². The number of esters is 2. The fraction of sp³-hybridized carbons (Fsp3) is 0.0800. The molecule has 0 atom stereocenters. The van der Waals surface area contributed by atoms with Crippen LogP contribution in [-0.4, -0.2) is 24.9 Å². The maximum absolute atomic E-state index is 12.4. The molecule has 1 heterocycles. The van der Waals surface area contributed by atoms with Crippen molar-refractivity contribution >= 4 is 47.1 Å². The Morgan fingerprint density at radius 2 is 1.76 bits per heavy atom. The topological polar surface area (TPSA) is 74.2 Å². The molecular weight excluding hydrogens is 465 g/mol. The van der Waals surface area contributed by atoms with Crippen LogP contribution in [0.5, 0.6) is 11.5 Å². The average molecular weight is 482 g/mol. The lowest BCUT2D eigenvalue weighted by Gasteiger charge is -2.10. The highest BCUT2D eigenvalue weighted by atomic mass is 35.5. The number of hydrogen-bond acceptors (Lipinski definition) is 6. The van der Waals surface area contributed by atoms with E-state index < -0.39 is 11.9 Å². The Balaban J connectivity index is 1.58. The summed E-state index contributed by atoms with van der Waals surface area (Å²) < 4.78 is 16.1. The number of hydrogen-bond donors (Lipinski definition) is 0. The zero-order valence-corrected chi connectivity index (χ0v) is 19.1. The molecule has 1 aliphatic rings. The van der Waals surface area contributed by atoms with E-state index in [2.05, 4.69) is 4.99 Å². The number of carbonyl (C=O) groups excluding carboxylic acids is 2. The minimum absolute atomic E-state index is 0.0856. The summed E-state index contributed by atoms with van der Waals surface area (Å²) in [6, 6.07) is 16.7. The van der Waals surface area contributed by atoms with Gasteiger partial charge in [-0.1, -0.05) is 47.0 Å². The third-order valence-electron chi connectivity index (χ3n) is 4.76. The third kappa shape index (κ3) is 5.08. The molecule has 166 valence electrons. The first kappa shape index (κ1) is 22.6. The lowest BCUT2D eigenvalue weighted by molar-refractivity contribution is -0.129. The Bertz CT molecular complexity index is 1310. The Hall–Kier alpha value is -3.61. The molecule has 1 aliphatic heterocycles. The second-order valence-corrected chi connectivity index (χ2v) is 7.97. The minimum atomic E-state index is -0.621. The van der Waals surface area contributed by atoms with Crippen LogP contribution in [-0.2, 0) is 9.53 Å². The van der Waals surface area contributed by atoms with Crippen molar-refractivity contribution in [3.05, 3.63) is 98.7 Å². The summed E-state index contributed by atoms with van der Waals surface area (Å²) in [6.07, 6.45) is 1.53. The summed E-state index contributed by atoms with van der Waals surface area (Å²) in [5.74, 6) is -0.473. The molecular formula is C25H17Cl2NO5. The first-order valence-corrected chi connectivity index (χ1v) is 10.5. The van der Waals surface area contributed by atoms with Gasteiger partial charge in [0, 0.05) is 5.02 Å². The van der Waals surface area contributed by atoms with E-state index in [9.17, 15) is 9.59 Å². The van der Waals surface area contributed by atoms with E-state index in [1.54, 1.807) is 42.5 Å². The highest BCUT2D eigenvalue weighted by molar-refractivity contribution is 6.37. The van der Waals surface area contributed by atoms with Crippen molar-refractivity contribution in [3.63, 3.8) is 0 Å². The van der Waals surface area contributed by atoms with Gasteiger partial charge in [-0.15, -0.1) is 0 Å². The van der Waals surface area contributed by atoms with Gasteiger partial charge in [-0.05, 0) is 61.0 Å². The SMILES string of the molecule is COc1cc(/C=C2\N=C(c3ccc(Cl)cc3Cl)OC2=O)ccc1OC(=O)c1ccc(C)cc1. The van der Waals surface area contributed by atoms with Crippen molar-refractivity contribution in [3.8, 4) is 11.5 Å². The van der Waals surface area contributed by atoms with Crippen molar-refractivity contribution in [1.82, 2.24) is 0 Å². The number of ether oxygens (including phenoxy) is 3. The van der Waals surface area contributed by atoms with Crippen LogP contribution in [0.1, 0.15) is 27.0 Å². The van der Waals surface area contributed by atoms with E-state index in [4.69, 9.17) is 37.4 Å². The predicted octanol–water partition coefficient (Wildman–Crippen LogP) is 5.87. The molecule has 33 heavy (non-hydrogen) atoms. The van der Waals surface area contributed by atoms with Crippen LogP contribution in [0.3, 0.4) is 0 Å². The zero-order valence-electron chi connectivity index (χ0n) is 17.6. The Morgan fingerprint density at radius 3 is 2.45 bits per heavy atom. The minimum Gasteiger partial charge on any atom is -0.493 e. The lowest BCUT2D eigenvalue weighted by Crippen LogP contribution is -2.09. The molecule has 3 aromatic carbocycles. The molecule has 0 spiro atoms. The second kappa shape index (κ2) is 9.48. The number of benzene rings is 3. The summed E-state index contributed by atoms with van der Waals surface area (Å²) in [7, 11) is 1.46. The molecule has 8 heteroatoms. The molecule has 0 N–H and O–H groups in total. The van der Waals surface area contributed by atoms with Gasteiger partial charge < -0.3 is 14.2 Å². The van der Waals surface area contributed by atoms with Crippen LogP contribution in [0.25, 0.3) is 6.08 Å². The summed E-state index contributed by atoms with van der Waals surface area (Å²) in [6.45, 7) is 1.93. The lowest BCUT2D eigenvalue weighted by atomic mass is 10.1. The van der Waals surface area contributed by atoms with Gasteiger partial charge in [0.1, 0.15) is 0 Å². The van der Waals surface area contributed by atoms with Gasteiger partial charge in [0.25, 0.3) is 0 Å². The Labute approximate surface area is 200 Å². The van der Waals surface area contributed by atoms with Gasteiger partial charge in [-0.2, -0.15) is 0 Å². The van der Waals surface area contributed by atoms with Gasteiger partial charge in [-0.3, -0.25) is 0 Å². The maximum atomic E-state index is 12.4. The smallest absolute Gasteiger partial charge is 0.363 e. The Morgan fingerprint density at radius 1 is 1.00 bits per heavy atom. The molecule has 0 unspecified atom stereocenters. The van der Waals surface area contributed by atoms with E-state index in [1.165, 1.54) is 19.3 Å². The molecule has 0 saturated heterocycles. The highest BCUT2D eigenvalue weighted by Gasteiger charge is 2.26. The van der Waals surface area contributed by atoms with Crippen LogP contribution in [0.15, 0.2) is 71.4 Å². The normalized spacial score (nSPS) is 14.1. The van der Waals surface area contributed by atoms with E-state index in [-0.39, 0.29) is 17.3 Å². The quantitative estimate of drug-likeness (QED) is 0.258. The van der Waals surface area contributed by atoms with E-state index in [1.807, 2.05) is 19.1 Å². The van der Waals surface area contributed by atoms with Crippen LogP contribution >= 0.6 is 23.2 Å². The van der Waals surface area contributed by atoms with Crippen LogP contribution in [0.4, 0.5) is 0 Å². The van der Waals surface area contributed by atoms with Gasteiger partial charge in [-0.25, -0.2) is 14.6 Å². The van der Waals surface area contributed by atoms with Gasteiger partial charge >= 0.3 is 11.9 Å². The van der Waals surface area contributed by atoms with Crippen molar-refractivity contribution in [2.24, 2.45) is 4.99 Å².